The van der Waals surface area contributed by atoms with Gasteiger partial charge in [0.05, 0.1) is 43.4 Å². The van der Waals surface area contributed by atoms with Gasteiger partial charge in [0.25, 0.3) is 0 Å². The van der Waals surface area contributed by atoms with Crippen molar-refractivity contribution in [3.8, 4) is 17.2 Å². The number of aryl methyl sites for hydroxylation is 1. The lowest BCUT2D eigenvalue weighted by atomic mass is 9.96. The first-order valence-corrected chi connectivity index (χ1v) is 12.0. The SMILES string of the molecule is COc1ccc(N2C(=S)N[C@H](c3ccccn3)[C@H]2c2cc(C)n(-c3ccccc3F)c2C)c(OC)c1. The highest BCUT2D eigenvalue weighted by atomic mass is 32.1. The Morgan fingerprint density at radius 2 is 1.72 bits per heavy atom. The minimum atomic E-state index is -0.277. The number of nitrogens with one attached hydrogen (secondary N) is 1. The van der Waals surface area contributed by atoms with Gasteiger partial charge < -0.3 is 24.3 Å². The van der Waals surface area contributed by atoms with Crippen LogP contribution in [-0.4, -0.2) is 28.9 Å². The van der Waals surface area contributed by atoms with E-state index in [1.165, 1.54) is 6.07 Å². The van der Waals surface area contributed by atoms with E-state index in [1.54, 1.807) is 32.5 Å². The topological polar surface area (TPSA) is 51.5 Å². The van der Waals surface area contributed by atoms with E-state index in [0.717, 1.165) is 28.3 Å². The lowest BCUT2D eigenvalue weighted by molar-refractivity contribution is 0.394. The van der Waals surface area contributed by atoms with Crippen LogP contribution in [0.3, 0.4) is 0 Å². The largest absolute Gasteiger partial charge is 0.497 e. The summed E-state index contributed by atoms with van der Waals surface area (Å²) in [5.74, 6) is 1.04. The van der Waals surface area contributed by atoms with Crippen molar-refractivity contribution in [1.82, 2.24) is 14.9 Å². The van der Waals surface area contributed by atoms with Gasteiger partial charge in [-0.05, 0) is 74.1 Å². The fraction of sp³-hybridized carbons (Fsp3) is 0.214. The lowest BCUT2D eigenvalue weighted by Gasteiger charge is -2.29. The third-order valence-corrected chi connectivity index (χ3v) is 6.94. The summed E-state index contributed by atoms with van der Waals surface area (Å²) < 4.78 is 27.9. The van der Waals surface area contributed by atoms with E-state index in [9.17, 15) is 4.39 Å². The lowest BCUT2D eigenvalue weighted by Crippen LogP contribution is -2.30. The predicted molar refractivity (Wildman–Crippen MR) is 143 cm³/mol. The summed E-state index contributed by atoms with van der Waals surface area (Å²) in [6, 6.07) is 19.9. The number of anilines is 1. The van der Waals surface area contributed by atoms with Crippen LogP contribution in [0, 0.1) is 19.7 Å². The molecule has 1 N–H and O–H groups in total. The highest BCUT2D eigenvalue weighted by Crippen LogP contribution is 2.46. The second kappa shape index (κ2) is 9.62. The molecule has 1 saturated heterocycles. The van der Waals surface area contributed by atoms with Crippen molar-refractivity contribution in [2.24, 2.45) is 0 Å². The summed E-state index contributed by atoms with van der Waals surface area (Å²) in [7, 11) is 3.24. The fourth-order valence-corrected chi connectivity index (χ4v) is 5.34. The minimum absolute atomic E-state index is 0.236. The number of benzene rings is 2. The highest BCUT2D eigenvalue weighted by molar-refractivity contribution is 7.80. The fourth-order valence-electron chi connectivity index (χ4n) is 5.01. The monoisotopic (exact) mass is 502 g/mol. The average Bonchev–Trinajstić information content (AvgIpc) is 3.39. The van der Waals surface area contributed by atoms with Gasteiger partial charge in [-0.25, -0.2) is 4.39 Å². The minimum Gasteiger partial charge on any atom is -0.497 e. The number of rotatable bonds is 6. The molecule has 2 atom stereocenters. The van der Waals surface area contributed by atoms with Crippen molar-refractivity contribution >= 4 is 23.0 Å². The van der Waals surface area contributed by atoms with Gasteiger partial charge in [-0.1, -0.05) is 18.2 Å². The van der Waals surface area contributed by atoms with Gasteiger partial charge in [0.1, 0.15) is 17.3 Å². The van der Waals surface area contributed by atoms with Crippen LogP contribution < -0.4 is 19.7 Å². The number of hydrogen-bond acceptors (Lipinski definition) is 4. The van der Waals surface area contributed by atoms with E-state index in [4.69, 9.17) is 21.7 Å². The third kappa shape index (κ3) is 3.97. The maximum atomic E-state index is 14.8. The second-order valence-electron chi connectivity index (χ2n) is 8.65. The molecule has 3 heterocycles. The standard InChI is InChI=1S/C28H27FN4O2S/c1-17-15-20(18(2)32(17)23-11-6-5-9-21(23)29)27-26(22-10-7-8-14-30-22)31-28(36)33(27)24-13-12-19(34-3)16-25(24)35-4/h5-16,26-27H,1-4H3,(H,31,36)/t26-,27-/m1/s1. The first kappa shape index (κ1) is 23.8. The Kier molecular flexibility index (Phi) is 6.36. The van der Waals surface area contributed by atoms with E-state index in [1.807, 2.05) is 60.9 Å². The molecular formula is C28H27FN4O2S. The van der Waals surface area contributed by atoms with Gasteiger partial charge in [-0.15, -0.1) is 0 Å². The Bertz CT molecular complexity index is 1420. The molecule has 2 aromatic carbocycles. The first-order valence-electron chi connectivity index (χ1n) is 11.6. The highest BCUT2D eigenvalue weighted by Gasteiger charge is 2.43. The van der Waals surface area contributed by atoms with Crippen LogP contribution in [0.15, 0.2) is 72.9 Å². The molecule has 4 aromatic rings. The summed E-state index contributed by atoms with van der Waals surface area (Å²) in [4.78, 5) is 6.69. The van der Waals surface area contributed by atoms with Crippen molar-refractivity contribution < 1.29 is 13.9 Å². The summed E-state index contributed by atoms with van der Waals surface area (Å²) >= 11 is 5.88. The van der Waals surface area contributed by atoms with Crippen LogP contribution in [0.1, 0.15) is 34.7 Å². The molecule has 1 aliphatic heterocycles. The Morgan fingerprint density at radius 3 is 2.42 bits per heavy atom. The second-order valence-corrected chi connectivity index (χ2v) is 9.03. The summed E-state index contributed by atoms with van der Waals surface area (Å²) in [5, 5.41) is 4.03. The molecule has 0 radical (unpaired) electrons. The number of thiocarbonyl (C=S) groups is 1. The van der Waals surface area contributed by atoms with Crippen LogP contribution >= 0.6 is 12.2 Å². The number of methoxy groups -OCH3 is 2. The Labute approximate surface area is 215 Å². The van der Waals surface area contributed by atoms with Crippen molar-refractivity contribution in [1.29, 1.82) is 0 Å². The van der Waals surface area contributed by atoms with E-state index in [2.05, 4.69) is 21.3 Å². The molecule has 36 heavy (non-hydrogen) atoms. The molecule has 0 aliphatic carbocycles. The molecule has 0 saturated carbocycles. The van der Waals surface area contributed by atoms with Crippen LogP contribution in [0.4, 0.5) is 10.1 Å². The molecule has 0 amide bonds. The van der Waals surface area contributed by atoms with Gasteiger partial charge in [0.2, 0.25) is 0 Å². The molecule has 0 spiro atoms. The molecule has 1 fully saturated rings. The van der Waals surface area contributed by atoms with Gasteiger partial charge in [0.15, 0.2) is 5.11 Å². The molecule has 184 valence electrons. The maximum absolute atomic E-state index is 14.8. The maximum Gasteiger partial charge on any atom is 0.174 e. The van der Waals surface area contributed by atoms with Crippen LogP contribution in [0.5, 0.6) is 11.5 Å². The van der Waals surface area contributed by atoms with Gasteiger partial charge >= 0.3 is 0 Å². The molecule has 0 unspecified atom stereocenters. The molecule has 0 bridgehead atoms. The summed E-state index contributed by atoms with van der Waals surface area (Å²) in [5.41, 5.74) is 5.02. The van der Waals surface area contributed by atoms with Crippen LogP contribution in [0.25, 0.3) is 5.69 Å². The molecule has 6 nitrogen and oxygen atoms in total. The quantitative estimate of drug-likeness (QED) is 0.335. The van der Waals surface area contributed by atoms with Gasteiger partial charge in [-0.2, -0.15) is 0 Å². The normalized spacial score (nSPS) is 17.2. The average molecular weight is 503 g/mol. The Balaban J connectivity index is 1.71. The molecule has 5 rings (SSSR count). The van der Waals surface area contributed by atoms with Gasteiger partial charge in [-0.3, -0.25) is 4.98 Å². The van der Waals surface area contributed by atoms with E-state index < -0.39 is 0 Å². The Morgan fingerprint density at radius 1 is 0.944 bits per heavy atom. The summed E-state index contributed by atoms with van der Waals surface area (Å²) in [6.45, 7) is 3.99. The van der Waals surface area contributed by atoms with Crippen LogP contribution in [0.2, 0.25) is 0 Å². The van der Waals surface area contributed by atoms with Crippen molar-refractivity contribution in [3.63, 3.8) is 0 Å². The predicted octanol–water partition coefficient (Wildman–Crippen LogP) is 5.82. The number of nitrogens with zero attached hydrogens (tertiary/aromatic N) is 3. The third-order valence-electron chi connectivity index (χ3n) is 6.63. The zero-order valence-electron chi connectivity index (χ0n) is 20.5. The van der Waals surface area contributed by atoms with E-state index >= 15 is 0 Å². The molecule has 1 aliphatic rings. The van der Waals surface area contributed by atoms with Crippen molar-refractivity contribution in [3.05, 3.63) is 101 Å². The molecular weight excluding hydrogens is 475 g/mol. The van der Waals surface area contributed by atoms with Crippen molar-refractivity contribution in [2.75, 3.05) is 19.1 Å². The summed E-state index contributed by atoms with van der Waals surface area (Å²) in [6.07, 6.45) is 1.77. The van der Waals surface area contributed by atoms with Gasteiger partial charge in [0, 0.05) is 23.7 Å². The number of ether oxygens (including phenoxy) is 2. The number of para-hydroxylation sites is 1. The zero-order valence-corrected chi connectivity index (χ0v) is 21.3. The number of halogens is 1. The first-order chi connectivity index (χ1) is 17.4. The van der Waals surface area contributed by atoms with E-state index in [-0.39, 0.29) is 17.9 Å². The number of aromatic nitrogens is 2. The number of hydrogen-bond donors (Lipinski definition) is 1. The zero-order chi connectivity index (χ0) is 25.4. The Hall–Kier alpha value is -3.91. The van der Waals surface area contributed by atoms with Crippen LogP contribution in [-0.2, 0) is 0 Å². The molecule has 2 aromatic heterocycles. The van der Waals surface area contributed by atoms with Crippen molar-refractivity contribution in [2.45, 2.75) is 25.9 Å². The number of pyridine rings is 1. The smallest absolute Gasteiger partial charge is 0.174 e. The molecule has 8 heteroatoms. The van der Waals surface area contributed by atoms with E-state index in [0.29, 0.717) is 22.3 Å².